The second-order valence-corrected chi connectivity index (χ2v) is 13.6. The molecule has 1 aromatic carbocycles. The second-order valence-electron chi connectivity index (χ2n) is 11.3. The number of hydrogen-bond acceptors (Lipinski definition) is 7. The molecule has 5 rings (SSSR count). The topological polar surface area (TPSA) is 105 Å². The van der Waals surface area contributed by atoms with Gasteiger partial charge in [0.05, 0.1) is 22.9 Å². The van der Waals surface area contributed by atoms with Gasteiger partial charge in [-0.3, -0.25) is 9.59 Å². The number of rotatable bonds is 11. The van der Waals surface area contributed by atoms with Crippen LogP contribution in [0.2, 0.25) is 0 Å². The summed E-state index contributed by atoms with van der Waals surface area (Å²) in [4.78, 5) is 34.0. The quantitative estimate of drug-likeness (QED) is 0.268. The molecule has 2 aliphatic rings. The SMILES string of the molecule is C=CCC1(S(=O)(=O)n2cc(C)c3c(C(=O)CCc4c(OC)cc(C)[nH]c4=O)cc(N4CCN(CC)CC4)cc32)CC1. The largest absolute Gasteiger partial charge is 0.496 e. The Morgan fingerprint density at radius 3 is 2.46 bits per heavy atom. The van der Waals surface area contributed by atoms with Crippen LogP contribution < -0.4 is 15.2 Å². The number of aromatic nitrogens is 2. The zero-order valence-corrected chi connectivity index (χ0v) is 25.3. The number of nitrogens with zero attached hydrogens (tertiary/aromatic N) is 3. The number of methoxy groups -OCH3 is 1. The number of nitrogens with one attached hydrogen (secondary N) is 1. The first-order valence-corrected chi connectivity index (χ1v) is 15.8. The highest BCUT2D eigenvalue weighted by molar-refractivity contribution is 7.91. The van der Waals surface area contributed by atoms with E-state index in [4.69, 9.17) is 4.74 Å². The number of aromatic amines is 1. The number of pyridine rings is 1. The summed E-state index contributed by atoms with van der Waals surface area (Å²) >= 11 is 0. The van der Waals surface area contributed by atoms with Gasteiger partial charge in [0.2, 0.25) is 10.0 Å². The fourth-order valence-electron chi connectivity index (χ4n) is 6.09. The lowest BCUT2D eigenvalue weighted by molar-refractivity contribution is 0.0984. The van der Waals surface area contributed by atoms with Crippen LogP contribution >= 0.6 is 0 Å². The van der Waals surface area contributed by atoms with Crippen molar-refractivity contribution in [3.8, 4) is 5.75 Å². The number of carbonyl (C=O) groups excluding carboxylic acids is 1. The van der Waals surface area contributed by atoms with E-state index in [2.05, 4.69) is 28.3 Å². The molecule has 9 nitrogen and oxygen atoms in total. The number of piperazine rings is 1. The summed E-state index contributed by atoms with van der Waals surface area (Å²) in [5.41, 5.74) is 3.42. The highest BCUT2D eigenvalue weighted by Gasteiger charge is 2.54. The Balaban J connectivity index is 1.59. The number of H-pyrrole nitrogens is 1. The van der Waals surface area contributed by atoms with Crippen LogP contribution in [-0.2, 0) is 16.4 Å². The van der Waals surface area contributed by atoms with Gasteiger partial charge in [-0.15, -0.1) is 6.58 Å². The zero-order chi connectivity index (χ0) is 29.5. The summed E-state index contributed by atoms with van der Waals surface area (Å²) in [5.74, 6) is 0.314. The highest BCUT2D eigenvalue weighted by atomic mass is 32.2. The Labute approximate surface area is 241 Å². The van der Waals surface area contributed by atoms with Crippen LogP contribution in [0.5, 0.6) is 5.75 Å². The lowest BCUT2D eigenvalue weighted by Gasteiger charge is -2.35. The predicted molar refractivity (Wildman–Crippen MR) is 163 cm³/mol. The molecule has 1 N–H and O–H groups in total. The van der Waals surface area contributed by atoms with Crippen molar-refractivity contribution >= 4 is 32.4 Å². The van der Waals surface area contributed by atoms with E-state index in [0.29, 0.717) is 52.7 Å². The number of hydrogen-bond donors (Lipinski definition) is 1. The van der Waals surface area contributed by atoms with E-state index in [9.17, 15) is 18.0 Å². The van der Waals surface area contributed by atoms with Crippen LogP contribution in [0.4, 0.5) is 5.69 Å². The summed E-state index contributed by atoms with van der Waals surface area (Å²) in [5, 5.41) is 0.647. The minimum Gasteiger partial charge on any atom is -0.496 e. The number of carbonyl (C=O) groups is 1. The van der Waals surface area contributed by atoms with Crippen LogP contribution in [0.25, 0.3) is 10.9 Å². The maximum Gasteiger partial charge on any atom is 0.255 e. The smallest absolute Gasteiger partial charge is 0.255 e. The number of likely N-dealkylation sites (N-methyl/N-ethyl adjacent to an activating group) is 1. The molecule has 1 aliphatic carbocycles. The van der Waals surface area contributed by atoms with E-state index in [1.807, 2.05) is 19.1 Å². The molecule has 1 saturated carbocycles. The summed E-state index contributed by atoms with van der Waals surface area (Å²) in [6.07, 6.45) is 5.21. The Morgan fingerprint density at radius 1 is 1.15 bits per heavy atom. The summed E-state index contributed by atoms with van der Waals surface area (Å²) < 4.78 is 34.0. The molecule has 0 unspecified atom stereocenters. The molecule has 1 aliphatic heterocycles. The van der Waals surface area contributed by atoms with Crippen molar-refractivity contribution in [1.82, 2.24) is 13.9 Å². The lowest BCUT2D eigenvalue weighted by atomic mass is 9.97. The molecule has 0 spiro atoms. The van der Waals surface area contributed by atoms with Crippen molar-refractivity contribution in [2.24, 2.45) is 0 Å². The maximum absolute atomic E-state index is 14.0. The number of allylic oxidation sites excluding steroid dienone is 1. The van der Waals surface area contributed by atoms with Crippen molar-refractivity contribution in [2.45, 2.75) is 57.6 Å². The first-order valence-electron chi connectivity index (χ1n) is 14.3. The minimum absolute atomic E-state index is 0.0858. The fourth-order valence-corrected chi connectivity index (χ4v) is 8.15. The van der Waals surface area contributed by atoms with Gasteiger partial charge in [-0.1, -0.05) is 13.0 Å². The molecule has 1 saturated heterocycles. The molecule has 2 aromatic heterocycles. The average Bonchev–Trinajstić information content (AvgIpc) is 3.68. The molecule has 0 bridgehead atoms. The van der Waals surface area contributed by atoms with Gasteiger partial charge in [0.25, 0.3) is 5.56 Å². The van der Waals surface area contributed by atoms with Gasteiger partial charge < -0.3 is 19.5 Å². The van der Waals surface area contributed by atoms with E-state index < -0.39 is 14.8 Å². The monoisotopic (exact) mass is 580 g/mol. The number of Topliss-reactive ketones (excluding diaryl/α,β-unsaturated/α-hetero) is 1. The van der Waals surface area contributed by atoms with E-state index >= 15 is 0 Å². The van der Waals surface area contributed by atoms with Crippen LogP contribution in [-0.4, -0.2) is 72.6 Å². The number of benzene rings is 1. The van der Waals surface area contributed by atoms with E-state index in [0.717, 1.165) is 44.0 Å². The number of fused-ring (bicyclic) bond motifs is 1. The molecule has 3 heterocycles. The third-order valence-corrected chi connectivity index (χ3v) is 11.2. The molecule has 41 heavy (non-hydrogen) atoms. The number of anilines is 1. The maximum atomic E-state index is 14.0. The number of aryl methyl sites for hydroxylation is 2. The van der Waals surface area contributed by atoms with Gasteiger partial charge in [0.15, 0.2) is 5.78 Å². The van der Waals surface area contributed by atoms with E-state index in [1.165, 1.54) is 11.1 Å². The molecular weight excluding hydrogens is 540 g/mol. The Morgan fingerprint density at radius 2 is 1.85 bits per heavy atom. The van der Waals surface area contributed by atoms with Crippen LogP contribution in [0.1, 0.15) is 59.8 Å². The molecule has 2 fully saturated rings. The molecule has 10 heteroatoms. The summed E-state index contributed by atoms with van der Waals surface area (Å²) in [6, 6.07) is 5.58. The Kier molecular flexibility index (Phi) is 7.91. The molecule has 0 radical (unpaired) electrons. The third-order valence-electron chi connectivity index (χ3n) is 8.71. The summed E-state index contributed by atoms with van der Waals surface area (Å²) in [6.45, 7) is 13.9. The first kappa shape index (κ1) is 29.1. The normalized spacial score (nSPS) is 17.1. The van der Waals surface area contributed by atoms with Crippen molar-refractivity contribution in [2.75, 3.05) is 44.7 Å². The molecule has 3 aromatic rings. The zero-order valence-electron chi connectivity index (χ0n) is 24.5. The van der Waals surface area contributed by atoms with Crippen molar-refractivity contribution in [3.63, 3.8) is 0 Å². The highest BCUT2D eigenvalue weighted by Crippen LogP contribution is 2.49. The molecule has 0 amide bonds. The van der Waals surface area contributed by atoms with Crippen LogP contribution in [0.3, 0.4) is 0 Å². The Hall–Kier alpha value is -3.37. The van der Waals surface area contributed by atoms with Gasteiger partial charge in [0, 0.05) is 61.1 Å². The van der Waals surface area contributed by atoms with Crippen molar-refractivity contribution in [1.29, 1.82) is 0 Å². The van der Waals surface area contributed by atoms with Gasteiger partial charge >= 0.3 is 0 Å². The number of ether oxygens (including phenoxy) is 1. The fraction of sp³-hybridized carbons (Fsp3) is 0.484. The molecule has 0 atom stereocenters. The first-order chi connectivity index (χ1) is 19.5. The average molecular weight is 581 g/mol. The van der Waals surface area contributed by atoms with Crippen molar-refractivity contribution in [3.05, 3.63) is 69.8 Å². The van der Waals surface area contributed by atoms with Gasteiger partial charge in [-0.25, -0.2) is 12.4 Å². The van der Waals surface area contributed by atoms with Gasteiger partial charge in [0.1, 0.15) is 5.75 Å². The van der Waals surface area contributed by atoms with E-state index in [-0.39, 0.29) is 24.2 Å². The van der Waals surface area contributed by atoms with E-state index in [1.54, 1.807) is 25.3 Å². The second kappa shape index (κ2) is 11.1. The predicted octanol–water partition coefficient (Wildman–Crippen LogP) is 4.20. The standard InChI is InChI=1S/C31H40N4O5S/c1-6-10-31(11-12-31)41(38,39)35-20-21(3)29-25(18-23(19-26(29)35)34-15-13-33(7-2)14-16-34)27(36)9-8-24-28(40-5)17-22(4)32-30(24)37/h6,17-20H,1,7-16H2,2-5H3,(H,32,37). The molecular formula is C31H40N4O5S. The molecule has 220 valence electrons. The van der Waals surface area contributed by atoms with Crippen LogP contribution in [0.15, 0.2) is 41.8 Å². The lowest BCUT2D eigenvalue weighted by Crippen LogP contribution is -2.46. The van der Waals surface area contributed by atoms with Gasteiger partial charge in [-0.05, 0) is 69.8 Å². The number of ketones is 1. The minimum atomic E-state index is -3.73. The van der Waals surface area contributed by atoms with Crippen LogP contribution in [0, 0.1) is 13.8 Å². The van der Waals surface area contributed by atoms with Gasteiger partial charge in [-0.2, -0.15) is 0 Å². The summed E-state index contributed by atoms with van der Waals surface area (Å²) in [7, 11) is -2.22. The van der Waals surface area contributed by atoms with Crippen molar-refractivity contribution < 1.29 is 17.9 Å². The third kappa shape index (κ3) is 5.23. The Bertz CT molecular complexity index is 1660.